The van der Waals surface area contributed by atoms with Crippen molar-refractivity contribution in [3.63, 3.8) is 0 Å². The fourth-order valence-electron chi connectivity index (χ4n) is 3.90. The molecule has 1 aromatic carbocycles. The fourth-order valence-corrected chi connectivity index (χ4v) is 3.90. The Balaban J connectivity index is 1.63. The number of ether oxygens (including phenoxy) is 2. The molecule has 6 heteroatoms. The number of hydrogen-bond donors (Lipinski definition) is 2. The smallest absolute Gasteiger partial charge is 0.272 e. The zero-order valence-corrected chi connectivity index (χ0v) is 14.4. The molecule has 2 aliphatic rings. The van der Waals surface area contributed by atoms with E-state index < -0.39 is 5.54 Å². The third kappa shape index (κ3) is 2.91. The van der Waals surface area contributed by atoms with E-state index in [0.29, 0.717) is 18.9 Å². The molecule has 1 aliphatic carbocycles. The first-order valence-electron chi connectivity index (χ1n) is 8.83. The molecule has 0 radical (unpaired) electrons. The van der Waals surface area contributed by atoms with Crippen LogP contribution in [0.5, 0.6) is 5.75 Å². The predicted molar refractivity (Wildman–Crippen MR) is 92.8 cm³/mol. The summed E-state index contributed by atoms with van der Waals surface area (Å²) in [6, 6.07) is 7.93. The van der Waals surface area contributed by atoms with Gasteiger partial charge in [-0.2, -0.15) is 5.10 Å². The minimum Gasteiger partial charge on any atom is -0.497 e. The first-order valence-corrected chi connectivity index (χ1v) is 8.83. The van der Waals surface area contributed by atoms with Crippen molar-refractivity contribution < 1.29 is 14.3 Å². The maximum absolute atomic E-state index is 13.0. The minimum absolute atomic E-state index is 0.0999. The summed E-state index contributed by atoms with van der Waals surface area (Å²) in [7, 11) is 1.65. The van der Waals surface area contributed by atoms with Gasteiger partial charge in [0.1, 0.15) is 5.75 Å². The van der Waals surface area contributed by atoms with Gasteiger partial charge in [-0.15, -0.1) is 0 Å². The molecule has 2 N–H and O–H groups in total. The number of aromatic amines is 1. The number of benzene rings is 1. The normalized spacial score (nSPS) is 18.6. The number of nitrogens with one attached hydrogen (secondary N) is 2. The number of aromatic nitrogens is 2. The Morgan fingerprint density at radius 3 is 2.72 bits per heavy atom. The van der Waals surface area contributed by atoms with Crippen LogP contribution in [0.1, 0.15) is 46.6 Å². The van der Waals surface area contributed by atoms with Gasteiger partial charge in [0.05, 0.1) is 12.6 Å². The number of hydrogen-bond acceptors (Lipinski definition) is 4. The lowest BCUT2D eigenvalue weighted by Gasteiger charge is -2.38. The molecular formula is C19H23N3O3. The van der Waals surface area contributed by atoms with Crippen LogP contribution in [0.3, 0.4) is 0 Å². The van der Waals surface area contributed by atoms with E-state index in [4.69, 9.17) is 9.47 Å². The van der Waals surface area contributed by atoms with Gasteiger partial charge < -0.3 is 14.8 Å². The van der Waals surface area contributed by atoms with Crippen molar-refractivity contribution in [2.75, 3.05) is 20.3 Å². The van der Waals surface area contributed by atoms with Crippen molar-refractivity contribution in [3.8, 4) is 5.75 Å². The Morgan fingerprint density at radius 2 is 2.00 bits per heavy atom. The number of aryl methyl sites for hydroxylation is 1. The molecule has 0 saturated carbocycles. The van der Waals surface area contributed by atoms with Gasteiger partial charge in [0, 0.05) is 24.5 Å². The highest BCUT2D eigenvalue weighted by Crippen LogP contribution is 2.34. The molecule has 1 aliphatic heterocycles. The summed E-state index contributed by atoms with van der Waals surface area (Å²) >= 11 is 0. The zero-order valence-electron chi connectivity index (χ0n) is 14.4. The Morgan fingerprint density at radius 1 is 1.24 bits per heavy atom. The standard InChI is InChI=1S/C19H23N3O3/c1-24-14-7-5-13(6-8-14)19(9-11-25-12-10-19)20-18(23)17-15-3-2-4-16(15)21-22-17/h5-8H,2-4,9-12H2,1H3,(H,20,23)(H,21,22). The van der Waals surface area contributed by atoms with Gasteiger partial charge in [0.15, 0.2) is 5.69 Å². The minimum atomic E-state index is -0.425. The van der Waals surface area contributed by atoms with Crippen LogP contribution >= 0.6 is 0 Å². The second-order valence-corrected chi connectivity index (χ2v) is 6.76. The summed E-state index contributed by atoms with van der Waals surface area (Å²) in [4.78, 5) is 13.0. The molecule has 2 aromatic rings. The lowest BCUT2D eigenvalue weighted by Crippen LogP contribution is -2.49. The van der Waals surface area contributed by atoms with E-state index in [2.05, 4.69) is 15.5 Å². The number of carbonyl (C=O) groups is 1. The summed E-state index contributed by atoms with van der Waals surface area (Å²) in [5, 5.41) is 10.6. The molecule has 1 saturated heterocycles. The third-order valence-corrected chi connectivity index (χ3v) is 5.36. The molecule has 2 heterocycles. The summed E-state index contributed by atoms with van der Waals surface area (Å²) in [6.45, 7) is 1.26. The monoisotopic (exact) mass is 341 g/mol. The summed E-state index contributed by atoms with van der Waals surface area (Å²) in [5.41, 5.74) is 3.39. The van der Waals surface area contributed by atoms with Crippen molar-refractivity contribution in [2.45, 2.75) is 37.6 Å². The van der Waals surface area contributed by atoms with Crippen molar-refractivity contribution in [3.05, 3.63) is 46.8 Å². The summed E-state index contributed by atoms with van der Waals surface area (Å²) in [6.07, 6.45) is 4.48. The van der Waals surface area contributed by atoms with Crippen molar-refractivity contribution in [2.24, 2.45) is 0 Å². The highest BCUT2D eigenvalue weighted by molar-refractivity contribution is 5.94. The van der Waals surface area contributed by atoms with Gasteiger partial charge in [0.25, 0.3) is 5.91 Å². The van der Waals surface area contributed by atoms with Crippen LogP contribution in [0.2, 0.25) is 0 Å². The molecule has 1 fully saturated rings. The van der Waals surface area contributed by atoms with Crippen molar-refractivity contribution in [1.29, 1.82) is 0 Å². The second kappa shape index (κ2) is 6.52. The van der Waals surface area contributed by atoms with Crippen molar-refractivity contribution in [1.82, 2.24) is 15.5 Å². The van der Waals surface area contributed by atoms with E-state index in [1.54, 1.807) is 7.11 Å². The average molecular weight is 341 g/mol. The van der Waals surface area contributed by atoms with Crippen LogP contribution in [0.15, 0.2) is 24.3 Å². The molecule has 1 aromatic heterocycles. The lowest BCUT2D eigenvalue weighted by molar-refractivity contribution is 0.0343. The van der Waals surface area contributed by atoms with Crippen molar-refractivity contribution >= 4 is 5.91 Å². The summed E-state index contributed by atoms with van der Waals surface area (Å²) < 4.78 is 10.8. The van der Waals surface area contributed by atoms with Gasteiger partial charge in [-0.3, -0.25) is 9.89 Å². The van der Waals surface area contributed by atoms with Crippen LogP contribution in [-0.4, -0.2) is 36.4 Å². The van der Waals surface area contributed by atoms with Crippen LogP contribution < -0.4 is 10.1 Å². The quantitative estimate of drug-likeness (QED) is 0.895. The van der Waals surface area contributed by atoms with E-state index in [-0.39, 0.29) is 5.91 Å². The first kappa shape index (κ1) is 16.1. The average Bonchev–Trinajstić information content (AvgIpc) is 3.26. The number of rotatable bonds is 4. The second-order valence-electron chi connectivity index (χ2n) is 6.76. The van der Waals surface area contributed by atoms with Gasteiger partial charge in [-0.25, -0.2) is 0 Å². The van der Waals surface area contributed by atoms with E-state index in [0.717, 1.165) is 54.7 Å². The van der Waals surface area contributed by atoms with Crippen LogP contribution in [0.4, 0.5) is 0 Å². The van der Waals surface area contributed by atoms with E-state index in [9.17, 15) is 4.79 Å². The zero-order chi connectivity index (χ0) is 17.3. The topological polar surface area (TPSA) is 76.2 Å². The van der Waals surface area contributed by atoms with Crippen LogP contribution in [-0.2, 0) is 23.1 Å². The Labute approximate surface area is 146 Å². The molecule has 0 unspecified atom stereocenters. The Bertz CT molecular complexity index is 761. The van der Waals surface area contributed by atoms with E-state index in [1.165, 1.54) is 0 Å². The van der Waals surface area contributed by atoms with Crippen LogP contribution in [0, 0.1) is 0 Å². The molecule has 0 spiro atoms. The van der Waals surface area contributed by atoms with Gasteiger partial charge in [-0.05, 0) is 49.8 Å². The number of amides is 1. The SMILES string of the molecule is COc1ccc(C2(NC(=O)c3n[nH]c4c3CCC4)CCOCC2)cc1. The molecule has 1 amide bonds. The molecule has 6 nitrogen and oxygen atoms in total. The highest BCUT2D eigenvalue weighted by atomic mass is 16.5. The molecule has 132 valence electrons. The molecule has 25 heavy (non-hydrogen) atoms. The number of carbonyl (C=O) groups excluding carboxylic acids is 1. The number of nitrogens with zero attached hydrogens (tertiary/aromatic N) is 1. The number of fused-ring (bicyclic) bond motifs is 1. The fraction of sp³-hybridized carbons (Fsp3) is 0.474. The largest absolute Gasteiger partial charge is 0.497 e. The molecule has 4 rings (SSSR count). The molecule has 0 atom stereocenters. The van der Waals surface area contributed by atoms with Crippen LogP contribution in [0.25, 0.3) is 0 Å². The van der Waals surface area contributed by atoms with Gasteiger partial charge >= 0.3 is 0 Å². The molecule has 0 bridgehead atoms. The maximum atomic E-state index is 13.0. The Kier molecular flexibility index (Phi) is 4.21. The van der Waals surface area contributed by atoms with E-state index >= 15 is 0 Å². The molecular weight excluding hydrogens is 318 g/mol. The predicted octanol–water partition coefficient (Wildman–Crippen LogP) is 2.34. The highest BCUT2D eigenvalue weighted by Gasteiger charge is 2.37. The third-order valence-electron chi connectivity index (χ3n) is 5.36. The van der Waals surface area contributed by atoms with E-state index in [1.807, 2.05) is 24.3 Å². The number of methoxy groups -OCH3 is 1. The van der Waals surface area contributed by atoms with Gasteiger partial charge in [0.2, 0.25) is 0 Å². The summed E-state index contributed by atoms with van der Waals surface area (Å²) in [5.74, 6) is 0.708. The lowest BCUT2D eigenvalue weighted by atomic mass is 9.82. The van der Waals surface area contributed by atoms with Gasteiger partial charge in [-0.1, -0.05) is 12.1 Å². The first-order chi connectivity index (χ1) is 12.2. The Hall–Kier alpha value is -2.34. The maximum Gasteiger partial charge on any atom is 0.272 e. The number of H-pyrrole nitrogens is 1.